The molecule has 1 atom stereocenters. The fraction of sp³-hybridized carbons (Fsp3) is 0.438. The van der Waals surface area contributed by atoms with Gasteiger partial charge in [0.25, 0.3) is 0 Å². The average molecular weight is 293 g/mol. The first-order valence-electron chi connectivity index (χ1n) is 7.15. The van der Waals surface area contributed by atoms with Crippen LogP contribution in [0.25, 0.3) is 10.9 Å². The second kappa shape index (κ2) is 6.80. The van der Waals surface area contributed by atoms with Crippen molar-refractivity contribution in [2.45, 2.75) is 33.1 Å². The molecule has 1 amide bonds. The third-order valence-corrected chi connectivity index (χ3v) is 3.83. The molecule has 0 aliphatic heterocycles. The van der Waals surface area contributed by atoms with Gasteiger partial charge in [-0.3, -0.25) is 4.79 Å². The third-order valence-electron chi connectivity index (χ3n) is 3.59. The summed E-state index contributed by atoms with van der Waals surface area (Å²) >= 11 is 6.02. The Hall–Kier alpha value is -1.48. The van der Waals surface area contributed by atoms with Crippen LogP contribution in [0.3, 0.4) is 0 Å². The van der Waals surface area contributed by atoms with Gasteiger partial charge in [-0.25, -0.2) is 0 Å². The molecule has 3 nitrogen and oxygen atoms in total. The molecule has 1 unspecified atom stereocenters. The van der Waals surface area contributed by atoms with E-state index < -0.39 is 0 Å². The lowest BCUT2D eigenvalue weighted by molar-refractivity contribution is -0.124. The van der Waals surface area contributed by atoms with Crippen LogP contribution >= 0.6 is 11.6 Å². The Bertz CT molecular complexity index is 591. The smallest absolute Gasteiger partial charge is 0.222 e. The van der Waals surface area contributed by atoms with Crippen molar-refractivity contribution in [1.82, 2.24) is 10.3 Å². The number of fused-ring (bicyclic) bond motifs is 1. The van der Waals surface area contributed by atoms with Crippen LogP contribution in [0.5, 0.6) is 0 Å². The van der Waals surface area contributed by atoms with E-state index in [1.165, 1.54) is 5.56 Å². The van der Waals surface area contributed by atoms with Crippen molar-refractivity contribution >= 4 is 28.4 Å². The molecule has 0 saturated carbocycles. The molecule has 0 radical (unpaired) electrons. The molecule has 2 N–H and O–H groups in total. The number of amides is 1. The van der Waals surface area contributed by atoms with E-state index in [4.69, 9.17) is 11.6 Å². The molecule has 2 aromatic rings. The standard InChI is InChI=1S/C16H21ClN2O/c1-3-4-11(2)16(20)18-8-7-12-10-19-15-6-5-13(17)9-14(12)15/h5-6,9-11,19H,3-4,7-8H2,1-2H3,(H,18,20). The van der Waals surface area contributed by atoms with Crippen LogP contribution in [0.4, 0.5) is 0 Å². The fourth-order valence-electron chi connectivity index (χ4n) is 2.42. The number of aromatic amines is 1. The Morgan fingerprint density at radius 2 is 2.25 bits per heavy atom. The van der Waals surface area contributed by atoms with Gasteiger partial charge in [-0.15, -0.1) is 0 Å². The van der Waals surface area contributed by atoms with E-state index in [-0.39, 0.29) is 11.8 Å². The van der Waals surface area contributed by atoms with Gasteiger partial charge in [0.1, 0.15) is 0 Å². The summed E-state index contributed by atoms with van der Waals surface area (Å²) in [6.07, 6.45) is 4.78. The molecule has 2 rings (SSSR count). The molecule has 20 heavy (non-hydrogen) atoms. The summed E-state index contributed by atoms with van der Waals surface area (Å²) in [6.45, 7) is 4.73. The van der Waals surface area contributed by atoms with E-state index in [1.807, 2.05) is 31.3 Å². The van der Waals surface area contributed by atoms with Crippen molar-refractivity contribution in [3.05, 3.63) is 35.0 Å². The van der Waals surface area contributed by atoms with Crippen LogP contribution in [0.2, 0.25) is 5.02 Å². The van der Waals surface area contributed by atoms with E-state index >= 15 is 0 Å². The number of nitrogens with one attached hydrogen (secondary N) is 2. The monoisotopic (exact) mass is 292 g/mol. The van der Waals surface area contributed by atoms with E-state index in [0.29, 0.717) is 6.54 Å². The molecular formula is C16H21ClN2O. The first-order chi connectivity index (χ1) is 9.61. The molecule has 0 aliphatic rings. The molecule has 1 aromatic heterocycles. The van der Waals surface area contributed by atoms with Crippen LogP contribution in [0, 0.1) is 5.92 Å². The van der Waals surface area contributed by atoms with Crippen molar-refractivity contribution in [3.63, 3.8) is 0 Å². The molecule has 1 heterocycles. The molecule has 0 spiro atoms. The van der Waals surface area contributed by atoms with E-state index in [0.717, 1.165) is 35.2 Å². The first-order valence-corrected chi connectivity index (χ1v) is 7.52. The number of hydrogen-bond acceptors (Lipinski definition) is 1. The zero-order chi connectivity index (χ0) is 14.5. The summed E-state index contributed by atoms with van der Waals surface area (Å²) < 4.78 is 0. The Kier molecular flexibility index (Phi) is 5.07. The van der Waals surface area contributed by atoms with Gasteiger partial charge in [0.2, 0.25) is 5.91 Å². The number of rotatable bonds is 6. The summed E-state index contributed by atoms with van der Waals surface area (Å²) in [5.74, 6) is 0.238. The van der Waals surface area contributed by atoms with Crippen molar-refractivity contribution < 1.29 is 4.79 Å². The van der Waals surface area contributed by atoms with Crippen LogP contribution in [-0.4, -0.2) is 17.4 Å². The maximum absolute atomic E-state index is 11.8. The minimum absolute atomic E-state index is 0.0948. The number of aromatic nitrogens is 1. The second-order valence-electron chi connectivity index (χ2n) is 5.23. The predicted octanol–water partition coefficient (Wildman–Crippen LogP) is 3.92. The van der Waals surface area contributed by atoms with E-state index in [1.54, 1.807) is 0 Å². The highest BCUT2D eigenvalue weighted by Crippen LogP contribution is 2.22. The molecular weight excluding hydrogens is 272 g/mol. The van der Waals surface area contributed by atoms with Gasteiger partial charge in [0, 0.05) is 34.6 Å². The van der Waals surface area contributed by atoms with Gasteiger partial charge in [-0.1, -0.05) is 31.9 Å². The minimum atomic E-state index is 0.0948. The molecule has 0 saturated heterocycles. The van der Waals surface area contributed by atoms with Gasteiger partial charge in [0.15, 0.2) is 0 Å². The minimum Gasteiger partial charge on any atom is -0.361 e. The lowest BCUT2D eigenvalue weighted by Crippen LogP contribution is -2.30. The maximum Gasteiger partial charge on any atom is 0.222 e. The van der Waals surface area contributed by atoms with Gasteiger partial charge >= 0.3 is 0 Å². The molecule has 4 heteroatoms. The van der Waals surface area contributed by atoms with Gasteiger partial charge in [-0.05, 0) is 36.6 Å². The summed E-state index contributed by atoms with van der Waals surface area (Å²) in [5.41, 5.74) is 2.26. The fourth-order valence-corrected chi connectivity index (χ4v) is 2.59. The number of benzene rings is 1. The summed E-state index contributed by atoms with van der Waals surface area (Å²) in [6, 6.07) is 5.81. The topological polar surface area (TPSA) is 44.9 Å². The Morgan fingerprint density at radius 1 is 1.45 bits per heavy atom. The van der Waals surface area contributed by atoms with Crippen molar-refractivity contribution in [1.29, 1.82) is 0 Å². The van der Waals surface area contributed by atoms with Crippen molar-refractivity contribution in [2.75, 3.05) is 6.54 Å². The molecule has 108 valence electrons. The van der Waals surface area contributed by atoms with E-state index in [2.05, 4.69) is 17.2 Å². The number of H-pyrrole nitrogens is 1. The molecule has 0 bridgehead atoms. The number of halogens is 1. The van der Waals surface area contributed by atoms with Gasteiger partial charge in [0.05, 0.1) is 0 Å². The lowest BCUT2D eigenvalue weighted by atomic mass is 10.1. The van der Waals surface area contributed by atoms with Gasteiger partial charge < -0.3 is 10.3 Å². The SMILES string of the molecule is CCCC(C)C(=O)NCCc1c[nH]c2ccc(Cl)cc12. The summed E-state index contributed by atoms with van der Waals surface area (Å²) in [7, 11) is 0. The van der Waals surface area contributed by atoms with Gasteiger partial charge in [-0.2, -0.15) is 0 Å². The largest absolute Gasteiger partial charge is 0.361 e. The van der Waals surface area contributed by atoms with E-state index in [9.17, 15) is 4.79 Å². The second-order valence-corrected chi connectivity index (χ2v) is 5.67. The van der Waals surface area contributed by atoms with Crippen LogP contribution in [0.15, 0.2) is 24.4 Å². The predicted molar refractivity (Wildman–Crippen MR) is 84.1 cm³/mol. The third kappa shape index (κ3) is 3.54. The Balaban J connectivity index is 1.93. The molecule has 0 fully saturated rings. The highest BCUT2D eigenvalue weighted by molar-refractivity contribution is 6.31. The zero-order valence-electron chi connectivity index (χ0n) is 12.0. The zero-order valence-corrected chi connectivity index (χ0v) is 12.8. The van der Waals surface area contributed by atoms with Crippen LogP contribution in [0.1, 0.15) is 32.3 Å². The average Bonchev–Trinajstić information content (AvgIpc) is 2.81. The highest BCUT2D eigenvalue weighted by atomic mass is 35.5. The first kappa shape index (κ1) is 14.9. The summed E-state index contributed by atoms with van der Waals surface area (Å²) in [5, 5.41) is 4.87. The highest BCUT2D eigenvalue weighted by Gasteiger charge is 2.11. The summed E-state index contributed by atoms with van der Waals surface area (Å²) in [4.78, 5) is 15.1. The Morgan fingerprint density at radius 3 is 3.00 bits per heavy atom. The van der Waals surface area contributed by atoms with Crippen LogP contribution in [-0.2, 0) is 11.2 Å². The number of carbonyl (C=O) groups excluding carboxylic acids is 1. The maximum atomic E-state index is 11.8. The normalized spacial score (nSPS) is 12.6. The molecule has 0 aliphatic carbocycles. The van der Waals surface area contributed by atoms with Crippen molar-refractivity contribution in [2.24, 2.45) is 5.92 Å². The Labute approximate surface area is 124 Å². The lowest BCUT2D eigenvalue weighted by Gasteiger charge is -2.10. The van der Waals surface area contributed by atoms with Crippen LogP contribution < -0.4 is 5.32 Å². The number of hydrogen-bond donors (Lipinski definition) is 2. The number of carbonyl (C=O) groups is 1. The molecule has 1 aromatic carbocycles. The quantitative estimate of drug-likeness (QED) is 0.833. The van der Waals surface area contributed by atoms with Crippen molar-refractivity contribution in [3.8, 4) is 0 Å².